The number of ether oxygens (including phenoxy) is 2. The molecule has 2 heterocycles. The third-order valence-corrected chi connectivity index (χ3v) is 9.04. The number of carbonyl (C=O) groups is 1. The molecule has 1 aliphatic carbocycles. The Balaban J connectivity index is 1.23. The van der Waals surface area contributed by atoms with E-state index in [2.05, 4.69) is 5.32 Å². The third kappa shape index (κ3) is 4.38. The Labute approximate surface area is 199 Å². The van der Waals surface area contributed by atoms with Crippen molar-refractivity contribution in [1.29, 1.82) is 0 Å². The summed E-state index contributed by atoms with van der Waals surface area (Å²) in [5.41, 5.74) is 0.473. The molecule has 0 unspecified atom stereocenters. The van der Waals surface area contributed by atoms with E-state index in [4.69, 9.17) is 9.47 Å². The van der Waals surface area contributed by atoms with Gasteiger partial charge in [-0.25, -0.2) is 12.8 Å². The van der Waals surface area contributed by atoms with Gasteiger partial charge in [0.1, 0.15) is 5.82 Å². The van der Waals surface area contributed by atoms with Crippen LogP contribution in [0.4, 0.5) is 4.39 Å². The van der Waals surface area contributed by atoms with Crippen molar-refractivity contribution < 1.29 is 27.1 Å². The first-order valence-corrected chi connectivity index (χ1v) is 13.3. The average Bonchev–Trinajstić information content (AvgIpc) is 3.07. The predicted molar refractivity (Wildman–Crippen MR) is 124 cm³/mol. The van der Waals surface area contributed by atoms with Crippen LogP contribution in [-0.2, 0) is 20.4 Å². The number of rotatable bonds is 5. The highest BCUT2D eigenvalue weighted by Crippen LogP contribution is 2.42. The molecule has 34 heavy (non-hydrogen) atoms. The number of hydrogen-bond donors (Lipinski definition) is 1. The van der Waals surface area contributed by atoms with Crippen LogP contribution in [0, 0.1) is 11.7 Å². The van der Waals surface area contributed by atoms with Gasteiger partial charge in [0.25, 0.3) is 0 Å². The number of hydrogen-bond acceptors (Lipinski definition) is 5. The molecule has 182 valence electrons. The zero-order valence-corrected chi connectivity index (χ0v) is 19.8. The maximum absolute atomic E-state index is 13.4. The van der Waals surface area contributed by atoms with Crippen LogP contribution >= 0.6 is 0 Å². The molecule has 7 nitrogen and oxygen atoms in total. The molecular weight excluding hydrogens is 459 g/mol. The Hall–Kier alpha value is -2.65. The monoisotopic (exact) mass is 488 g/mol. The largest absolute Gasteiger partial charge is 0.490 e. The van der Waals surface area contributed by atoms with Gasteiger partial charge in [-0.15, -0.1) is 0 Å². The minimum atomic E-state index is -3.70. The van der Waals surface area contributed by atoms with E-state index in [9.17, 15) is 17.6 Å². The molecule has 0 bridgehead atoms. The summed E-state index contributed by atoms with van der Waals surface area (Å²) >= 11 is 0. The highest BCUT2D eigenvalue weighted by molar-refractivity contribution is 7.89. The lowest BCUT2D eigenvalue weighted by Gasteiger charge is -2.44. The molecule has 0 radical (unpaired) electrons. The maximum Gasteiger partial charge on any atom is 0.243 e. The van der Waals surface area contributed by atoms with E-state index in [0.29, 0.717) is 37.6 Å². The maximum atomic E-state index is 13.4. The molecule has 1 saturated heterocycles. The van der Waals surface area contributed by atoms with Crippen molar-refractivity contribution in [3.63, 3.8) is 0 Å². The zero-order valence-electron chi connectivity index (χ0n) is 19.0. The normalized spacial score (nSPS) is 20.7. The number of carbonyl (C=O) groups excluding carboxylic acids is 1. The molecule has 0 aromatic heterocycles. The molecule has 0 spiro atoms. The topological polar surface area (TPSA) is 84.9 Å². The first-order chi connectivity index (χ1) is 16.4. The van der Waals surface area contributed by atoms with Crippen molar-refractivity contribution in [2.45, 2.75) is 49.0 Å². The lowest BCUT2D eigenvalue weighted by Crippen LogP contribution is -2.53. The second-order valence-electron chi connectivity index (χ2n) is 9.27. The lowest BCUT2D eigenvalue weighted by molar-refractivity contribution is -0.129. The Morgan fingerprint density at radius 1 is 0.971 bits per heavy atom. The van der Waals surface area contributed by atoms with Gasteiger partial charge in [0.2, 0.25) is 15.9 Å². The van der Waals surface area contributed by atoms with Crippen LogP contribution in [0.3, 0.4) is 0 Å². The molecule has 5 rings (SSSR count). The van der Waals surface area contributed by atoms with Gasteiger partial charge in [0.05, 0.1) is 23.6 Å². The summed E-state index contributed by atoms with van der Waals surface area (Å²) in [5.74, 6) is 0.383. The summed E-state index contributed by atoms with van der Waals surface area (Å²) in [4.78, 5) is 13.3. The van der Waals surface area contributed by atoms with Crippen molar-refractivity contribution in [3.8, 4) is 11.5 Å². The van der Waals surface area contributed by atoms with E-state index in [1.165, 1.54) is 22.5 Å². The van der Waals surface area contributed by atoms with Gasteiger partial charge in [0, 0.05) is 31.5 Å². The van der Waals surface area contributed by atoms with Gasteiger partial charge in [-0.3, -0.25) is 4.79 Å². The van der Waals surface area contributed by atoms with E-state index in [1.807, 2.05) is 0 Å². The molecule has 2 fully saturated rings. The number of amides is 1. The molecule has 0 atom stereocenters. The minimum absolute atomic E-state index is 0.0587. The first-order valence-electron chi connectivity index (χ1n) is 11.9. The second-order valence-corrected chi connectivity index (χ2v) is 11.2. The molecule has 9 heteroatoms. The predicted octanol–water partition coefficient (Wildman–Crippen LogP) is 3.58. The fraction of sp³-hybridized carbons (Fsp3) is 0.480. The summed E-state index contributed by atoms with van der Waals surface area (Å²) in [6, 6.07) is 11.0. The number of piperidine rings is 1. The van der Waals surface area contributed by atoms with Crippen molar-refractivity contribution in [1.82, 2.24) is 9.62 Å². The van der Waals surface area contributed by atoms with Crippen LogP contribution in [-0.4, -0.2) is 44.9 Å². The molecule has 2 aromatic rings. The number of nitrogens with zero attached hydrogens (tertiary/aromatic N) is 1. The first kappa shape index (κ1) is 23.1. The van der Waals surface area contributed by atoms with Crippen LogP contribution in [0.15, 0.2) is 47.4 Å². The summed E-state index contributed by atoms with van der Waals surface area (Å²) in [6.45, 7) is 1.57. The Morgan fingerprint density at radius 3 is 2.29 bits per heavy atom. The standard InChI is InChI=1S/C25H29FN2O5S/c26-20-5-3-19(4-6-20)25(11-1-12-25)27-24(29)18-9-13-28(14-10-18)34(30,31)21-7-8-22-23(17-21)33-16-2-15-32-22/h3-8,17-18H,1-2,9-16H2,(H,27,29). The van der Waals surface area contributed by atoms with Crippen LogP contribution < -0.4 is 14.8 Å². The van der Waals surface area contributed by atoms with E-state index in [1.54, 1.807) is 24.3 Å². The fourth-order valence-corrected chi connectivity index (χ4v) is 6.42. The van der Waals surface area contributed by atoms with E-state index >= 15 is 0 Å². The molecule has 2 aromatic carbocycles. The van der Waals surface area contributed by atoms with Crippen LogP contribution in [0.2, 0.25) is 0 Å². The van der Waals surface area contributed by atoms with E-state index in [-0.39, 0.29) is 35.6 Å². The van der Waals surface area contributed by atoms with Gasteiger partial charge in [-0.1, -0.05) is 12.1 Å². The number of benzene rings is 2. The molecule has 1 N–H and O–H groups in total. The minimum Gasteiger partial charge on any atom is -0.490 e. The Kier molecular flexibility index (Phi) is 6.24. The van der Waals surface area contributed by atoms with Crippen molar-refractivity contribution in [2.24, 2.45) is 5.92 Å². The molecule has 3 aliphatic rings. The summed E-state index contributed by atoms with van der Waals surface area (Å²) in [6.07, 6.45) is 4.30. The second kappa shape index (κ2) is 9.19. The van der Waals surface area contributed by atoms with Crippen molar-refractivity contribution >= 4 is 15.9 Å². The molecule has 2 aliphatic heterocycles. The Morgan fingerprint density at radius 2 is 1.65 bits per heavy atom. The summed E-state index contributed by atoms with van der Waals surface area (Å²) in [5, 5.41) is 3.20. The average molecular weight is 489 g/mol. The van der Waals surface area contributed by atoms with Crippen LogP contribution in [0.5, 0.6) is 11.5 Å². The quantitative estimate of drug-likeness (QED) is 0.696. The van der Waals surface area contributed by atoms with Gasteiger partial charge in [-0.05, 0) is 61.9 Å². The summed E-state index contributed by atoms with van der Waals surface area (Å²) < 4.78 is 52.5. The number of sulfonamides is 1. The smallest absolute Gasteiger partial charge is 0.243 e. The fourth-order valence-electron chi connectivity index (χ4n) is 4.93. The number of fused-ring (bicyclic) bond motifs is 1. The van der Waals surface area contributed by atoms with Crippen LogP contribution in [0.1, 0.15) is 44.1 Å². The van der Waals surface area contributed by atoms with Crippen molar-refractivity contribution in [2.75, 3.05) is 26.3 Å². The lowest BCUT2D eigenvalue weighted by atomic mass is 9.71. The van der Waals surface area contributed by atoms with Gasteiger partial charge < -0.3 is 14.8 Å². The van der Waals surface area contributed by atoms with Gasteiger partial charge in [0.15, 0.2) is 11.5 Å². The third-order valence-electron chi connectivity index (χ3n) is 7.15. The zero-order chi connectivity index (χ0) is 23.8. The van der Waals surface area contributed by atoms with Crippen molar-refractivity contribution in [3.05, 3.63) is 53.8 Å². The molecule has 1 saturated carbocycles. The van der Waals surface area contributed by atoms with E-state index < -0.39 is 15.6 Å². The van der Waals surface area contributed by atoms with Gasteiger partial charge >= 0.3 is 0 Å². The highest BCUT2D eigenvalue weighted by atomic mass is 32.2. The SMILES string of the molecule is O=C(NC1(c2ccc(F)cc2)CCC1)C1CCN(S(=O)(=O)c2ccc3c(c2)OCCCO3)CC1. The van der Waals surface area contributed by atoms with Crippen LogP contribution in [0.25, 0.3) is 0 Å². The number of nitrogens with one attached hydrogen (secondary N) is 1. The number of halogens is 1. The molecule has 1 amide bonds. The van der Waals surface area contributed by atoms with E-state index in [0.717, 1.165) is 31.2 Å². The summed E-state index contributed by atoms with van der Waals surface area (Å²) in [7, 11) is -3.70. The van der Waals surface area contributed by atoms with Gasteiger partial charge in [-0.2, -0.15) is 4.31 Å². The Bertz CT molecular complexity index is 1160. The highest BCUT2D eigenvalue weighted by Gasteiger charge is 2.42. The molecular formula is C25H29FN2O5S.